The van der Waals surface area contributed by atoms with Crippen LogP contribution in [0.1, 0.15) is 18.4 Å². The minimum Gasteiger partial charge on any atom is -0.508 e. The van der Waals surface area contributed by atoms with E-state index < -0.39 is 0 Å². The van der Waals surface area contributed by atoms with Crippen LogP contribution in [0.5, 0.6) is 11.5 Å². The lowest BCUT2D eigenvalue weighted by Crippen LogP contribution is -1.94. The van der Waals surface area contributed by atoms with Gasteiger partial charge in [0, 0.05) is 29.4 Å². The Kier molecular flexibility index (Phi) is 6.35. The van der Waals surface area contributed by atoms with E-state index in [1.807, 2.05) is 61.5 Å². The second-order valence-corrected chi connectivity index (χ2v) is 8.30. The van der Waals surface area contributed by atoms with Crippen LogP contribution in [0.4, 0.5) is 11.5 Å². The lowest BCUT2D eigenvalue weighted by molar-refractivity contribution is 0.452. The third kappa shape index (κ3) is 5.41. The number of aryl methyl sites for hydroxylation is 1. The molecule has 32 heavy (non-hydrogen) atoms. The number of aromatic amines is 1. The number of benzene rings is 3. The Morgan fingerprint density at radius 1 is 0.969 bits per heavy atom. The first-order valence-electron chi connectivity index (χ1n) is 10.4. The molecule has 6 N–H and O–H groups in total. The summed E-state index contributed by atoms with van der Waals surface area (Å²) in [5, 5.41) is 30.5. The Bertz CT molecular complexity index is 1180. The molecule has 0 radical (unpaired) electrons. The molecule has 7 heteroatoms. The summed E-state index contributed by atoms with van der Waals surface area (Å²) in [4.78, 5) is 0. The van der Waals surface area contributed by atoms with Crippen LogP contribution in [0.15, 0.2) is 66.7 Å². The molecule has 1 fully saturated rings. The van der Waals surface area contributed by atoms with E-state index in [0.29, 0.717) is 11.6 Å². The summed E-state index contributed by atoms with van der Waals surface area (Å²) in [6, 6.07) is 20.8. The number of anilines is 2. The van der Waals surface area contributed by atoms with E-state index in [0.717, 1.165) is 28.3 Å². The Balaban J connectivity index is 0.000000552. The van der Waals surface area contributed by atoms with E-state index in [2.05, 4.69) is 15.5 Å². The molecule has 6 nitrogen and oxygen atoms in total. The molecule has 0 amide bonds. The van der Waals surface area contributed by atoms with Crippen LogP contribution < -0.4 is 11.1 Å². The van der Waals surface area contributed by atoms with Gasteiger partial charge in [-0.05, 0) is 49.1 Å². The molecule has 0 atom stereocenters. The van der Waals surface area contributed by atoms with Crippen molar-refractivity contribution in [1.29, 1.82) is 0 Å². The van der Waals surface area contributed by atoms with Gasteiger partial charge in [0.15, 0.2) is 5.82 Å². The van der Waals surface area contributed by atoms with Gasteiger partial charge < -0.3 is 21.3 Å². The van der Waals surface area contributed by atoms with Crippen molar-refractivity contribution in [2.45, 2.75) is 25.8 Å². The van der Waals surface area contributed by atoms with Crippen molar-refractivity contribution in [3.8, 4) is 33.9 Å². The number of hydrogen-bond donors (Lipinski definition) is 5. The van der Waals surface area contributed by atoms with Crippen molar-refractivity contribution in [3.63, 3.8) is 0 Å². The molecule has 0 unspecified atom stereocenters. The fourth-order valence-electron chi connectivity index (χ4n) is 3.10. The monoisotopic (exact) mass is 448 g/mol. The largest absolute Gasteiger partial charge is 0.508 e. The molecule has 1 aliphatic carbocycles. The average molecular weight is 449 g/mol. The fraction of sp³-hybridized carbons (Fsp3) is 0.160. The average Bonchev–Trinajstić information content (AvgIpc) is 3.40. The number of nitrogens with two attached hydrogens (primary N) is 1. The van der Waals surface area contributed by atoms with E-state index in [1.165, 1.54) is 30.5 Å². The zero-order chi connectivity index (χ0) is 22.7. The van der Waals surface area contributed by atoms with Crippen LogP contribution in [-0.2, 0) is 0 Å². The van der Waals surface area contributed by atoms with Gasteiger partial charge in [-0.2, -0.15) is 5.10 Å². The molecule has 1 heterocycles. The van der Waals surface area contributed by atoms with Crippen LogP contribution in [0, 0.1) is 6.92 Å². The highest BCUT2D eigenvalue weighted by Crippen LogP contribution is 2.39. The van der Waals surface area contributed by atoms with Gasteiger partial charge in [0.2, 0.25) is 0 Å². The standard InChI is InChI=1S/C22H18ClN3O2.C3H7N/c1-13-2-8-16(9-3-13)24-21-12-19(25-26-21)14-4-6-15(7-5-14)22-18(23)10-17(27)11-20(22)28;4-3-1-2-3/h2-12,27-28H,1H3,(H2,24,25,26);3H,1-2,4H2. The summed E-state index contributed by atoms with van der Waals surface area (Å²) < 4.78 is 0. The minimum absolute atomic E-state index is 0.0659. The Hall–Kier alpha value is -3.48. The summed E-state index contributed by atoms with van der Waals surface area (Å²) in [7, 11) is 0. The van der Waals surface area contributed by atoms with Gasteiger partial charge in [0.25, 0.3) is 0 Å². The van der Waals surface area contributed by atoms with Crippen molar-refractivity contribution in [1.82, 2.24) is 10.2 Å². The second kappa shape index (κ2) is 9.34. The molecule has 164 valence electrons. The third-order valence-corrected chi connectivity index (χ3v) is 5.36. The van der Waals surface area contributed by atoms with E-state index in [9.17, 15) is 10.2 Å². The van der Waals surface area contributed by atoms with Gasteiger partial charge in [0.1, 0.15) is 11.5 Å². The number of nitrogens with one attached hydrogen (secondary N) is 2. The third-order valence-electron chi connectivity index (χ3n) is 5.06. The maximum atomic E-state index is 10.1. The first-order chi connectivity index (χ1) is 15.4. The summed E-state index contributed by atoms with van der Waals surface area (Å²) in [6.07, 6.45) is 2.53. The molecule has 0 bridgehead atoms. The van der Waals surface area contributed by atoms with Crippen LogP contribution >= 0.6 is 11.6 Å². The molecule has 0 aliphatic heterocycles. The van der Waals surface area contributed by atoms with Crippen LogP contribution in [0.25, 0.3) is 22.4 Å². The van der Waals surface area contributed by atoms with Crippen LogP contribution in [0.2, 0.25) is 5.02 Å². The molecule has 1 saturated carbocycles. The Morgan fingerprint density at radius 3 is 2.19 bits per heavy atom. The zero-order valence-corrected chi connectivity index (χ0v) is 18.4. The second-order valence-electron chi connectivity index (χ2n) is 7.89. The SMILES string of the molecule is Cc1ccc(Nc2cc(-c3ccc(-c4c(O)cc(O)cc4Cl)cc3)[nH]n2)cc1.NC1CC1. The van der Waals surface area contributed by atoms with E-state index in [1.54, 1.807) is 0 Å². The van der Waals surface area contributed by atoms with Crippen molar-refractivity contribution in [3.05, 3.63) is 77.3 Å². The normalized spacial score (nSPS) is 12.7. The van der Waals surface area contributed by atoms with Crippen LogP contribution in [0.3, 0.4) is 0 Å². The molecule has 1 aliphatic rings. The molecule has 3 aromatic carbocycles. The summed E-state index contributed by atoms with van der Waals surface area (Å²) in [5.74, 6) is 0.583. The molecule has 0 spiro atoms. The maximum Gasteiger partial charge on any atom is 0.152 e. The number of phenolic OH excluding ortho intramolecular Hbond substituents is 2. The van der Waals surface area contributed by atoms with Crippen molar-refractivity contribution < 1.29 is 10.2 Å². The zero-order valence-electron chi connectivity index (χ0n) is 17.6. The van der Waals surface area contributed by atoms with E-state index >= 15 is 0 Å². The lowest BCUT2D eigenvalue weighted by Gasteiger charge is -2.09. The van der Waals surface area contributed by atoms with Gasteiger partial charge in [-0.1, -0.05) is 53.6 Å². The predicted molar refractivity (Wildman–Crippen MR) is 129 cm³/mol. The van der Waals surface area contributed by atoms with Gasteiger partial charge in [-0.3, -0.25) is 5.10 Å². The quantitative estimate of drug-likeness (QED) is 0.264. The summed E-state index contributed by atoms with van der Waals surface area (Å²) in [5.41, 5.74) is 10.4. The Morgan fingerprint density at radius 2 is 1.59 bits per heavy atom. The molecular formula is C25H25ClN4O2. The number of rotatable bonds is 4. The number of halogens is 1. The molecule has 0 saturated heterocycles. The van der Waals surface area contributed by atoms with Gasteiger partial charge >= 0.3 is 0 Å². The number of phenols is 2. The minimum atomic E-state index is -0.0751. The number of nitrogens with zero attached hydrogens (tertiary/aromatic N) is 1. The summed E-state index contributed by atoms with van der Waals surface area (Å²) in [6.45, 7) is 2.05. The van der Waals surface area contributed by atoms with Gasteiger partial charge in [-0.25, -0.2) is 0 Å². The van der Waals surface area contributed by atoms with E-state index in [4.69, 9.17) is 17.3 Å². The van der Waals surface area contributed by atoms with Crippen molar-refractivity contribution in [2.24, 2.45) is 5.73 Å². The smallest absolute Gasteiger partial charge is 0.152 e. The fourth-order valence-corrected chi connectivity index (χ4v) is 3.41. The highest BCUT2D eigenvalue weighted by Gasteiger charge is 2.13. The van der Waals surface area contributed by atoms with Crippen molar-refractivity contribution >= 4 is 23.1 Å². The highest BCUT2D eigenvalue weighted by atomic mass is 35.5. The number of H-pyrrole nitrogens is 1. The number of aromatic hydroxyl groups is 2. The lowest BCUT2D eigenvalue weighted by atomic mass is 10.0. The summed E-state index contributed by atoms with van der Waals surface area (Å²) >= 11 is 6.17. The van der Waals surface area contributed by atoms with Crippen molar-refractivity contribution in [2.75, 3.05) is 5.32 Å². The first-order valence-corrected chi connectivity index (χ1v) is 10.7. The van der Waals surface area contributed by atoms with E-state index in [-0.39, 0.29) is 16.5 Å². The molecule has 5 rings (SSSR count). The van der Waals surface area contributed by atoms with Crippen LogP contribution in [-0.4, -0.2) is 26.5 Å². The highest BCUT2D eigenvalue weighted by molar-refractivity contribution is 6.33. The number of hydrogen-bond acceptors (Lipinski definition) is 5. The predicted octanol–water partition coefficient (Wildman–Crippen LogP) is 5.97. The first kappa shape index (κ1) is 21.7. The molecule has 4 aromatic rings. The Labute approximate surface area is 191 Å². The topological polar surface area (TPSA) is 107 Å². The number of aromatic nitrogens is 2. The van der Waals surface area contributed by atoms with Gasteiger partial charge in [-0.15, -0.1) is 0 Å². The molecular weight excluding hydrogens is 424 g/mol. The van der Waals surface area contributed by atoms with Gasteiger partial charge in [0.05, 0.1) is 10.7 Å². The molecule has 1 aromatic heterocycles. The maximum absolute atomic E-state index is 10.1.